The van der Waals surface area contributed by atoms with Crippen LogP contribution in [0.25, 0.3) is 0 Å². The summed E-state index contributed by atoms with van der Waals surface area (Å²) in [6.07, 6.45) is 9.90. The van der Waals surface area contributed by atoms with E-state index in [9.17, 15) is 0 Å². The zero-order chi connectivity index (χ0) is 12.8. The highest BCUT2D eigenvalue weighted by molar-refractivity contribution is 5.07. The molecule has 0 spiro atoms. The standard InChI is InChI=1S/C15H25N3/c1-3-9-17-15(11-13-6-4-5-7-13)14-8-10-16-12(2)18-14/h8,10,13,15,17H,3-7,9,11H2,1-2H3. The fraction of sp³-hybridized carbons (Fsp3) is 0.733. The monoisotopic (exact) mass is 247 g/mol. The zero-order valence-corrected chi connectivity index (χ0v) is 11.7. The molecule has 1 aromatic rings. The smallest absolute Gasteiger partial charge is 0.125 e. The molecule has 1 atom stereocenters. The molecule has 1 unspecified atom stereocenters. The van der Waals surface area contributed by atoms with E-state index in [4.69, 9.17) is 0 Å². The molecule has 0 bridgehead atoms. The van der Waals surface area contributed by atoms with Crippen molar-refractivity contribution in [2.75, 3.05) is 6.54 Å². The molecule has 0 aromatic carbocycles. The third-order valence-electron chi connectivity index (χ3n) is 3.84. The molecule has 18 heavy (non-hydrogen) atoms. The summed E-state index contributed by atoms with van der Waals surface area (Å²) in [6, 6.07) is 2.48. The highest BCUT2D eigenvalue weighted by Crippen LogP contribution is 2.32. The first-order valence-electron chi connectivity index (χ1n) is 7.32. The molecule has 2 rings (SSSR count). The van der Waals surface area contributed by atoms with Gasteiger partial charge in [0, 0.05) is 12.2 Å². The average Bonchev–Trinajstić information content (AvgIpc) is 2.87. The minimum atomic E-state index is 0.412. The Morgan fingerprint density at radius 3 is 2.83 bits per heavy atom. The van der Waals surface area contributed by atoms with Crippen LogP contribution < -0.4 is 5.32 Å². The highest BCUT2D eigenvalue weighted by atomic mass is 15.0. The number of aromatic nitrogens is 2. The summed E-state index contributed by atoms with van der Waals surface area (Å²) in [4.78, 5) is 8.79. The van der Waals surface area contributed by atoms with Gasteiger partial charge in [-0.3, -0.25) is 0 Å². The fourth-order valence-electron chi connectivity index (χ4n) is 2.88. The van der Waals surface area contributed by atoms with Gasteiger partial charge < -0.3 is 5.32 Å². The first-order valence-corrected chi connectivity index (χ1v) is 7.32. The maximum absolute atomic E-state index is 4.59. The summed E-state index contributed by atoms with van der Waals surface area (Å²) >= 11 is 0. The maximum atomic E-state index is 4.59. The van der Waals surface area contributed by atoms with Crippen molar-refractivity contribution in [3.63, 3.8) is 0 Å². The van der Waals surface area contributed by atoms with E-state index in [1.165, 1.54) is 44.2 Å². The Labute approximate surface area is 110 Å². The summed E-state index contributed by atoms with van der Waals surface area (Å²) in [5.74, 6) is 1.76. The number of nitrogens with one attached hydrogen (secondary N) is 1. The number of rotatable bonds is 6. The van der Waals surface area contributed by atoms with E-state index in [-0.39, 0.29) is 0 Å². The molecule has 1 saturated carbocycles. The van der Waals surface area contributed by atoms with Gasteiger partial charge in [0.15, 0.2) is 0 Å². The lowest BCUT2D eigenvalue weighted by Gasteiger charge is -2.21. The lowest BCUT2D eigenvalue weighted by molar-refractivity contribution is 0.388. The Hall–Kier alpha value is -0.960. The van der Waals surface area contributed by atoms with Gasteiger partial charge in [0.1, 0.15) is 5.82 Å². The third-order valence-corrected chi connectivity index (χ3v) is 3.84. The van der Waals surface area contributed by atoms with Crippen LogP contribution in [-0.2, 0) is 0 Å². The second-order valence-corrected chi connectivity index (χ2v) is 5.42. The van der Waals surface area contributed by atoms with Crippen LogP contribution in [0.5, 0.6) is 0 Å². The van der Waals surface area contributed by atoms with Crippen molar-refractivity contribution in [3.8, 4) is 0 Å². The Morgan fingerprint density at radius 2 is 2.17 bits per heavy atom. The van der Waals surface area contributed by atoms with Gasteiger partial charge in [-0.05, 0) is 38.3 Å². The van der Waals surface area contributed by atoms with Crippen molar-refractivity contribution in [1.29, 1.82) is 0 Å². The fourth-order valence-corrected chi connectivity index (χ4v) is 2.88. The number of hydrogen-bond acceptors (Lipinski definition) is 3. The molecule has 1 heterocycles. The topological polar surface area (TPSA) is 37.8 Å². The van der Waals surface area contributed by atoms with Crippen LogP contribution in [0.1, 0.15) is 63.0 Å². The van der Waals surface area contributed by atoms with E-state index >= 15 is 0 Å². The number of nitrogens with zero attached hydrogens (tertiary/aromatic N) is 2. The molecule has 1 aromatic heterocycles. The second kappa shape index (κ2) is 6.83. The van der Waals surface area contributed by atoms with E-state index in [2.05, 4.69) is 28.3 Å². The Bertz CT molecular complexity index is 359. The van der Waals surface area contributed by atoms with Gasteiger partial charge in [0.05, 0.1) is 5.69 Å². The van der Waals surface area contributed by atoms with Crippen molar-refractivity contribution in [1.82, 2.24) is 15.3 Å². The van der Waals surface area contributed by atoms with Crippen LogP contribution in [0, 0.1) is 12.8 Å². The molecule has 0 aliphatic heterocycles. The molecule has 1 N–H and O–H groups in total. The lowest BCUT2D eigenvalue weighted by Crippen LogP contribution is -2.25. The first kappa shape index (κ1) is 13.5. The molecule has 3 heteroatoms. The minimum absolute atomic E-state index is 0.412. The van der Waals surface area contributed by atoms with Gasteiger partial charge in [-0.2, -0.15) is 0 Å². The summed E-state index contributed by atoms with van der Waals surface area (Å²) < 4.78 is 0. The van der Waals surface area contributed by atoms with Crippen molar-refractivity contribution < 1.29 is 0 Å². The molecule has 1 aliphatic rings. The van der Waals surface area contributed by atoms with E-state index in [0.29, 0.717) is 6.04 Å². The van der Waals surface area contributed by atoms with Gasteiger partial charge in [-0.1, -0.05) is 32.6 Å². The largest absolute Gasteiger partial charge is 0.309 e. The quantitative estimate of drug-likeness (QED) is 0.837. The van der Waals surface area contributed by atoms with Gasteiger partial charge in [0.25, 0.3) is 0 Å². The Balaban J connectivity index is 2.03. The van der Waals surface area contributed by atoms with Gasteiger partial charge in [0.2, 0.25) is 0 Å². The SMILES string of the molecule is CCCNC(CC1CCCC1)c1ccnc(C)n1. The molecule has 100 valence electrons. The summed E-state index contributed by atoms with van der Waals surface area (Å²) in [5, 5.41) is 3.65. The zero-order valence-electron chi connectivity index (χ0n) is 11.7. The van der Waals surface area contributed by atoms with Crippen molar-refractivity contribution >= 4 is 0 Å². The first-order chi connectivity index (χ1) is 8.79. The van der Waals surface area contributed by atoms with Crippen molar-refractivity contribution in [2.45, 2.75) is 58.4 Å². The van der Waals surface area contributed by atoms with Crippen LogP contribution in [0.2, 0.25) is 0 Å². The predicted molar refractivity (Wildman–Crippen MR) is 74.4 cm³/mol. The third kappa shape index (κ3) is 3.77. The molecule has 0 amide bonds. The summed E-state index contributed by atoms with van der Waals surface area (Å²) in [5.41, 5.74) is 1.17. The second-order valence-electron chi connectivity index (χ2n) is 5.42. The molecule has 0 radical (unpaired) electrons. The lowest BCUT2D eigenvalue weighted by atomic mass is 9.96. The molecule has 0 saturated heterocycles. The minimum Gasteiger partial charge on any atom is -0.309 e. The average molecular weight is 247 g/mol. The molecule has 1 aliphatic carbocycles. The molecule has 3 nitrogen and oxygen atoms in total. The predicted octanol–water partition coefficient (Wildman–Crippen LogP) is 3.41. The van der Waals surface area contributed by atoms with Gasteiger partial charge in [-0.25, -0.2) is 9.97 Å². The van der Waals surface area contributed by atoms with Crippen molar-refractivity contribution in [2.24, 2.45) is 5.92 Å². The number of hydrogen-bond donors (Lipinski definition) is 1. The van der Waals surface area contributed by atoms with Crippen LogP contribution in [0.15, 0.2) is 12.3 Å². The van der Waals surface area contributed by atoms with Crippen LogP contribution in [0.3, 0.4) is 0 Å². The molecular formula is C15H25N3. The summed E-state index contributed by atoms with van der Waals surface area (Å²) in [6.45, 7) is 5.25. The van der Waals surface area contributed by atoms with Crippen LogP contribution in [-0.4, -0.2) is 16.5 Å². The van der Waals surface area contributed by atoms with Crippen LogP contribution >= 0.6 is 0 Å². The van der Waals surface area contributed by atoms with E-state index in [1.54, 1.807) is 0 Å². The molecular weight excluding hydrogens is 222 g/mol. The van der Waals surface area contributed by atoms with E-state index in [0.717, 1.165) is 18.3 Å². The van der Waals surface area contributed by atoms with E-state index < -0.39 is 0 Å². The summed E-state index contributed by atoms with van der Waals surface area (Å²) in [7, 11) is 0. The highest BCUT2D eigenvalue weighted by Gasteiger charge is 2.21. The Kier molecular flexibility index (Phi) is 5.12. The normalized spacial score (nSPS) is 18.1. The van der Waals surface area contributed by atoms with E-state index in [1.807, 2.05) is 13.1 Å². The van der Waals surface area contributed by atoms with Gasteiger partial charge >= 0.3 is 0 Å². The maximum Gasteiger partial charge on any atom is 0.125 e. The number of aryl methyl sites for hydroxylation is 1. The van der Waals surface area contributed by atoms with Gasteiger partial charge in [-0.15, -0.1) is 0 Å². The van der Waals surface area contributed by atoms with Crippen LogP contribution in [0.4, 0.5) is 0 Å². The Morgan fingerprint density at radius 1 is 1.39 bits per heavy atom. The molecule has 1 fully saturated rings. The van der Waals surface area contributed by atoms with Crippen molar-refractivity contribution in [3.05, 3.63) is 23.8 Å².